The molecule has 1 aromatic carbocycles. The number of hydrogen-bond acceptors (Lipinski definition) is 5. The van der Waals surface area contributed by atoms with Crippen molar-refractivity contribution in [1.29, 1.82) is 0 Å². The molecule has 0 bridgehead atoms. The number of rotatable bonds is 7. The molecule has 0 heterocycles. The summed E-state index contributed by atoms with van der Waals surface area (Å²) in [4.78, 5) is 62.2. The summed E-state index contributed by atoms with van der Waals surface area (Å²) in [5.41, 5.74) is 0.282. The molecule has 0 saturated heterocycles. The number of anilines is 1. The van der Waals surface area contributed by atoms with E-state index in [1.807, 2.05) is 20.8 Å². The second kappa shape index (κ2) is 12.0. The molecule has 6 unspecified atom stereocenters. The quantitative estimate of drug-likeness (QED) is 0.362. The third-order valence-corrected chi connectivity index (χ3v) is 7.87. The van der Waals surface area contributed by atoms with Gasteiger partial charge < -0.3 is 26.2 Å². The normalized spacial score (nSPS) is 27.6. The molecular formula is C28H39N3O7. The molecular weight excluding hydrogens is 490 g/mol. The first-order valence-corrected chi connectivity index (χ1v) is 13.2. The number of carbonyl (C=O) groups is 5. The molecule has 10 nitrogen and oxygen atoms in total. The Morgan fingerprint density at radius 3 is 1.79 bits per heavy atom. The predicted octanol–water partition coefficient (Wildman–Crippen LogP) is 3.13. The first-order valence-electron chi connectivity index (χ1n) is 13.2. The zero-order valence-electron chi connectivity index (χ0n) is 22.5. The lowest BCUT2D eigenvalue weighted by Crippen LogP contribution is -2.49. The van der Waals surface area contributed by atoms with Crippen LogP contribution in [0.5, 0.6) is 0 Å². The highest BCUT2D eigenvalue weighted by Gasteiger charge is 2.46. The van der Waals surface area contributed by atoms with Gasteiger partial charge in [0.15, 0.2) is 0 Å². The first kappa shape index (κ1) is 29.1. The van der Waals surface area contributed by atoms with Crippen molar-refractivity contribution in [2.45, 2.75) is 64.8 Å². The average molecular weight is 530 g/mol. The number of amides is 3. The number of carboxylic acids is 2. The van der Waals surface area contributed by atoms with E-state index in [0.717, 1.165) is 0 Å². The largest absolute Gasteiger partial charge is 0.481 e. The van der Waals surface area contributed by atoms with Gasteiger partial charge in [0, 0.05) is 23.8 Å². The van der Waals surface area contributed by atoms with Gasteiger partial charge in [-0.25, -0.2) is 0 Å². The van der Waals surface area contributed by atoms with E-state index >= 15 is 0 Å². The summed E-state index contributed by atoms with van der Waals surface area (Å²) >= 11 is 0. The Hall–Kier alpha value is -3.43. The van der Waals surface area contributed by atoms with Crippen LogP contribution in [0.3, 0.4) is 0 Å². The minimum atomic E-state index is -1.03. The molecule has 2 aliphatic rings. The fourth-order valence-electron chi connectivity index (χ4n) is 6.01. The van der Waals surface area contributed by atoms with Crippen molar-refractivity contribution in [3.8, 4) is 0 Å². The molecule has 0 radical (unpaired) electrons. The lowest BCUT2D eigenvalue weighted by Gasteiger charge is -2.42. The van der Waals surface area contributed by atoms with Gasteiger partial charge in [-0.1, -0.05) is 6.07 Å². The lowest BCUT2D eigenvalue weighted by molar-refractivity contribution is -0.152. The van der Waals surface area contributed by atoms with E-state index in [0.29, 0.717) is 49.8 Å². The van der Waals surface area contributed by atoms with Crippen LogP contribution in [0.1, 0.15) is 69.7 Å². The maximum Gasteiger partial charge on any atom is 0.307 e. The van der Waals surface area contributed by atoms with Gasteiger partial charge in [-0.05, 0) is 89.3 Å². The van der Waals surface area contributed by atoms with Crippen LogP contribution in [0.15, 0.2) is 24.3 Å². The second-order valence-corrected chi connectivity index (χ2v) is 11.6. The summed E-state index contributed by atoms with van der Waals surface area (Å²) in [5.74, 6) is -6.07. The lowest BCUT2D eigenvalue weighted by atomic mass is 9.63. The minimum Gasteiger partial charge on any atom is -0.481 e. The van der Waals surface area contributed by atoms with Gasteiger partial charge in [0.25, 0.3) is 5.91 Å². The van der Waals surface area contributed by atoms with E-state index in [1.165, 1.54) is 7.05 Å². The number of carboxylic acid groups (broad SMARTS) is 2. The Morgan fingerprint density at radius 1 is 0.789 bits per heavy atom. The van der Waals surface area contributed by atoms with Crippen molar-refractivity contribution in [2.75, 3.05) is 12.4 Å². The zero-order chi connectivity index (χ0) is 28.2. The van der Waals surface area contributed by atoms with Gasteiger partial charge in [-0.2, -0.15) is 0 Å². The van der Waals surface area contributed by atoms with Gasteiger partial charge in [0.1, 0.15) is 0 Å². The summed E-state index contributed by atoms with van der Waals surface area (Å²) in [5, 5.41) is 27.8. The van der Waals surface area contributed by atoms with Gasteiger partial charge in [0.05, 0.1) is 23.7 Å². The molecule has 1 aromatic rings. The SMILES string of the molecule is CNC(=O)c1cccc(NC(=O)C2CC(C3CCC(C(=O)O)C(C(=O)NC(C)(C)C)C3)CCC2C(=O)O)c1. The van der Waals surface area contributed by atoms with Crippen molar-refractivity contribution in [1.82, 2.24) is 10.6 Å². The molecule has 2 fully saturated rings. The molecule has 0 spiro atoms. The first-order chi connectivity index (χ1) is 17.8. The van der Waals surface area contributed by atoms with E-state index in [2.05, 4.69) is 16.0 Å². The minimum absolute atomic E-state index is 0.00163. The van der Waals surface area contributed by atoms with Crippen LogP contribution in [-0.4, -0.2) is 52.5 Å². The molecule has 0 aliphatic heterocycles. The van der Waals surface area contributed by atoms with Crippen LogP contribution >= 0.6 is 0 Å². The third-order valence-electron chi connectivity index (χ3n) is 7.87. The van der Waals surface area contributed by atoms with Crippen LogP contribution in [0.2, 0.25) is 0 Å². The molecule has 10 heteroatoms. The molecule has 208 valence electrons. The molecule has 3 rings (SSSR count). The summed E-state index contributed by atoms with van der Waals surface area (Å²) in [7, 11) is 1.51. The van der Waals surface area contributed by atoms with Gasteiger partial charge in [-0.3, -0.25) is 24.0 Å². The van der Waals surface area contributed by atoms with Crippen molar-refractivity contribution in [3.63, 3.8) is 0 Å². The van der Waals surface area contributed by atoms with E-state index in [4.69, 9.17) is 0 Å². The monoisotopic (exact) mass is 529 g/mol. The van der Waals surface area contributed by atoms with Crippen molar-refractivity contribution in [2.24, 2.45) is 35.5 Å². The average Bonchev–Trinajstić information content (AvgIpc) is 2.86. The summed E-state index contributed by atoms with van der Waals surface area (Å²) in [6.07, 6.45) is 2.64. The van der Waals surface area contributed by atoms with Gasteiger partial charge in [-0.15, -0.1) is 0 Å². The molecule has 2 aliphatic carbocycles. The van der Waals surface area contributed by atoms with Crippen LogP contribution in [0.25, 0.3) is 0 Å². The number of nitrogens with one attached hydrogen (secondary N) is 3. The van der Waals surface area contributed by atoms with E-state index in [1.54, 1.807) is 24.3 Å². The smallest absolute Gasteiger partial charge is 0.307 e. The number of aliphatic carboxylic acids is 2. The second-order valence-electron chi connectivity index (χ2n) is 11.6. The molecule has 6 atom stereocenters. The Morgan fingerprint density at radius 2 is 1.32 bits per heavy atom. The number of hydrogen-bond donors (Lipinski definition) is 5. The summed E-state index contributed by atoms with van der Waals surface area (Å²) in [6.45, 7) is 5.55. The fraction of sp³-hybridized carbons (Fsp3) is 0.607. The molecule has 38 heavy (non-hydrogen) atoms. The van der Waals surface area contributed by atoms with E-state index < -0.39 is 47.1 Å². The highest BCUT2D eigenvalue weighted by molar-refractivity contribution is 5.98. The standard InChI is InChI=1S/C28H39N3O7/c1-28(2,3)31-25(34)22-14-16(9-11-20(22)27(37)38)15-8-10-19(26(35)36)21(13-15)24(33)30-18-7-5-6-17(12-18)23(32)29-4/h5-7,12,15-16,19-22H,8-11,13-14H2,1-4H3,(H,29,32)(H,30,33)(H,31,34)(H,35,36)(H,37,38). The molecule has 0 aromatic heterocycles. The van der Waals surface area contributed by atoms with Crippen LogP contribution < -0.4 is 16.0 Å². The van der Waals surface area contributed by atoms with Crippen LogP contribution in [0, 0.1) is 35.5 Å². The summed E-state index contributed by atoms with van der Waals surface area (Å²) in [6, 6.07) is 6.44. The highest BCUT2D eigenvalue weighted by atomic mass is 16.4. The Kier molecular flexibility index (Phi) is 9.17. The highest BCUT2D eigenvalue weighted by Crippen LogP contribution is 2.46. The van der Waals surface area contributed by atoms with Crippen molar-refractivity contribution >= 4 is 35.3 Å². The van der Waals surface area contributed by atoms with Gasteiger partial charge >= 0.3 is 11.9 Å². The van der Waals surface area contributed by atoms with Crippen LogP contribution in [-0.2, 0) is 19.2 Å². The van der Waals surface area contributed by atoms with Crippen molar-refractivity contribution < 1.29 is 34.2 Å². The molecule has 2 saturated carbocycles. The molecule has 5 N–H and O–H groups in total. The van der Waals surface area contributed by atoms with E-state index in [-0.39, 0.29) is 23.7 Å². The predicted molar refractivity (Wildman–Crippen MR) is 140 cm³/mol. The number of benzene rings is 1. The third kappa shape index (κ3) is 7.11. The zero-order valence-corrected chi connectivity index (χ0v) is 22.5. The number of carbonyl (C=O) groups excluding carboxylic acids is 3. The maximum atomic E-state index is 13.3. The maximum absolute atomic E-state index is 13.3. The molecule has 3 amide bonds. The van der Waals surface area contributed by atoms with Crippen molar-refractivity contribution in [3.05, 3.63) is 29.8 Å². The summed E-state index contributed by atoms with van der Waals surface area (Å²) < 4.78 is 0. The van der Waals surface area contributed by atoms with E-state index in [9.17, 15) is 34.2 Å². The van der Waals surface area contributed by atoms with Gasteiger partial charge in [0.2, 0.25) is 11.8 Å². The Labute approximate surface area is 222 Å². The van der Waals surface area contributed by atoms with Crippen LogP contribution in [0.4, 0.5) is 5.69 Å². The topological polar surface area (TPSA) is 162 Å². The fourth-order valence-corrected chi connectivity index (χ4v) is 6.01. The Balaban J connectivity index is 1.77. The Bertz CT molecular complexity index is 1080.